The van der Waals surface area contributed by atoms with E-state index in [1.807, 2.05) is 36.5 Å². The Morgan fingerprint density at radius 3 is 2.58 bits per heavy atom. The average molecular weight is 427 g/mol. The largest absolute Gasteiger partial charge is 0.361 e. The fourth-order valence-electron chi connectivity index (χ4n) is 3.54. The maximum absolute atomic E-state index is 11.9. The van der Waals surface area contributed by atoms with Crippen molar-refractivity contribution in [1.29, 1.82) is 0 Å². The van der Waals surface area contributed by atoms with Crippen LogP contribution in [0.5, 0.6) is 0 Å². The third-order valence-electron chi connectivity index (χ3n) is 5.15. The first-order valence-electron chi connectivity index (χ1n) is 9.60. The Hall–Kier alpha value is -3.97. The summed E-state index contributed by atoms with van der Waals surface area (Å²) < 4.78 is 23.8. The summed E-state index contributed by atoms with van der Waals surface area (Å²) in [6, 6.07) is 18.6. The number of sulfone groups is 1. The molecular weight excluding hydrogens is 408 g/mol. The number of aromatic amines is 1. The third kappa shape index (κ3) is 3.55. The highest BCUT2D eigenvalue weighted by Crippen LogP contribution is 2.30. The lowest BCUT2D eigenvalue weighted by Gasteiger charge is -2.10. The van der Waals surface area contributed by atoms with Crippen molar-refractivity contribution in [3.8, 4) is 11.3 Å². The van der Waals surface area contributed by atoms with E-state index in [4.69, 9.17) is 0 Å². The van der Waals surface area contributed by atoms with Crippen molar-refractivity contribution in [3.05, 3.63) is 91.2 Å². The van der Waals surface area contributed by atoms with Gasteiger partial charge in [-0.2, -0.15) is 0 Å². The molecule has 0 atom stereocenters. The fourth-order valence-corrected chi connectivity index (χ4v) is 4.24. The smallest absolute Gasteiger partial charge is 0.199 e. The standard InChI is InChI=1S/C24H18N4O2S/c1-2-31(29,30)20-6-4-19(5-7-20)28-23-14-21-18(15-27-23)10-12-26-24(21)17-3-8-22-16(13-17)9-11-25-22/h2-15,25H,1H2,(H,27,28). The van der Waals surface area contributed by atoms with Gasteiger partial charge in [0.1, 0.15) is 5.82 Å². The zero-order chi connectivity index (χ0) is 21.4. The molecule has 0 radical (unpaired) electrons. The van der Waals surface area contributed by atoms with E-state index in [2.05, 4.69) is 32.9 Å². The first-order chi connectivity index (χ1) is 15.0. The van der Waals surface area contributed by atoms with Gasteiger partial charge in [0.15, 0.2) is 9.84 Å². The average Bonchev–Trinajstić information content (AvgIpc) is 3.27. The second kappa shape index (κ2) is 7.37. The van der Waals surface area contributed by atoms with Crippen molar-refractivity contribution >= 4 is 43.0 Å². The van der Waals surface area contributed by atoms with Crippen molar-refractivity contribution in [1.82, 2.24) is 15.0 Å². The predicted octanol–water partition coefficient (Wildman–Crippen LogP) is 5.44. The van der Waals surface area contributed by atoms with E-state index in [1.54, 1.807) is 36.7 Å². The van der Waals surface area contributed by atoms with Gasteiger partial charge in [0, 0.05) is 56.9 Å². The van der Waals surface area contributed by atoms with E-state index in [-0.39, 0.29) is 4.90 Å². The molecule has 6 nitrogen and oxygen atoms in total. The second-order valence-corrected chi connectivity index (χ2v) is 8.99. The molecule has 3 heterocycles. The van der Waals surface area contributed by atoms with Crippen LogP contribution in [0.15, 0.2) is 96.1 Å². The number of nitrogens with zero attached hydrogens (tertiary/aromatic N) is 2. The molecule has 31 heavy (non-hydrogen) atoms. The van der Waals surface area contributed by atoms with E-state index in [0.29, 0.717) is 5.82 Å². The van der Waals surface area contributed by atoms with Gasteiger partial charge in [0.2, 0.25) is 0 Å². The molecule has 2 aromatic carbocycles. The maximum Gasteiger partial charge on any atom is 0.199 e. The summed E-state index contributed by atoms with van der Waals surface area (Å²) in [4.78, 5) is 12.5. The monoisotopic (exact) mass is 426 g/mol. The highest BCUT2D eigenvalue weighted by molar-refractivity contribution is 7.94. The zero-order valence-electron chi connectivity index (χ0n) is 16.4. The van der Waals surface area contributed by atoms with Crippen LogP contribution in [0.3, 0.4) is 0 Å². The Labute approximate surface area is 179 Å². The molecule has 0 aliphatic rings. The summed E-state index contributed by atoms with van der Waals surface area (Å²) in [5.74, 6) is 0.642. The van der Waals surface area contributed by atoms with Crippen LogP contribution < -0.4 is 5.32 Å². The number of H-pyrrole nitrogens is 1. The number of rotatable bonds is 5. The molecule has 0 bridgehead atoms. The molecule has 0 spiro atoms. The lowest BCUT2D eigenvalue weighted by molar-refractivity contribution is 0.605. The zero-order valence-corrected chi connectivity index (χ0v) is 17.2. The van der Waals surface area contributed by atoms with E-state index >= 15 is 0 Å². The van der Waals surface area contributed by atoms with Crippen molar-refractivity contribution in [2.24, 2.45) is 0 Å². The molecule has 0 fully saturated rings. The Bertz CT molecular complexity index is 1540. The van der Waals surface area contributed by atoms with Crippen molar-refractivity contribution in [3.63, 3.8) is 0 Å². The number of aromatic nitrogens is 3. The van der Waals surface area contributed by atoms with E-state index < -0.39 is 9.84 Å². The van der Waals surface area contributed by atoms with E-state index in [1.165, 1.54) is 0 Å². The Kier molecular flexibility index (Phi) is 4.52. The number of pyridine rings is 2. The van der Waals surface area contributed by atoms with Crippen LogP contribution in [-0.2, 0) is 9.84 Å². The van der Waals surface area contributed by atoms with Gasteiger partial charge in [-0.05, 0) is 54.6 Å². The number of nitrogens with one attached hydrogen (secondary N) is 2. The third-order valence-corrected chi connectivity index (χ3v) is 6.52. The molecular formula is C24H18N4O2S. The van der Waals surface area contributed by atoms with Gasteiger partial charge in [0.05, 0.1) is 10.6 Å². The first-order valence-corrected chi connectivity index (χ1v) is 11.1. The maximum atomic E-state index is 11.9. The molecule has 0 saturated heterocycles. The van der Waals surface area contributed by atoms with Gasteiger partial charge in [-0.1, -0.05) is 12.6 Å². The summed E-state index contributed by atoms with van der Waals surface area (Å²) >= 11 is 0. The number of anilines is 2. The fraction of sp³-hybridized carbons (Fsp3) is 0. The number of benzene rings is 2. The normalized spacial score (nSPS) is 11.6. The van der Waals surface area contributed by atoms with E-state index in [9.17, 15) is 8.42 Å². The minimum absolute atomic E-state index is 0.200. The molecule has 7 heteroatoms. The summed E-state index contributed by atoms with van der Waals surface area (Å²) in [7, 11) is -3.45. The van der Waals surface area contributed by atoms with Gasteiger partial charge in [-0.25, -0.2) is 13.4 Å². The molecule has 0 unspecified atom stereocenters. The molecule has 152 valence electrons. The Morgan fingerprint density at radius 2 is 1.77 bits per heavy atom. The van der Waals surface area contributed by atoms with E-state index in [0.717, 1.165) is 44.0 Å². The summed E-state index contributed by atoms with van der Waals surface area (Å²) in [6.07, 6.45) is 5.50. The van der Waals surface area contributed by atoms with Crippen LogP contribution in [0.2, 0.25) is 0 Å². The van der Waals surface area contributed by atoms with Gasteiger partial charge < -0.3 is 10.3 Å². The Morgan fingerprint density at radius 1 is 0.935 bits per heavy atom. The molecule has 0 amide bonds. The molecule has 0 aliphatic carbocycles. The topological polar surface area (TPSA) is 87.7 Å². The van der Waals surface area contributed by atoms with Gasteiger partial charge in [-0.3, -0.25) is 4.98 Å². The van der Waals surface area contributed by atoms with Crippen molar-refractivity contribution in [2.45, 2.75) is 4.90 Å². The first kappa shape index (κ1) is 19.0. The highest BCUT2D eigenvalue weighted by Gasteiger charge is 2.11. The van der Waals surface area contributed by atoms with Crippen LogP contribution in [0, 0.1) is 0 Å². The lowest BCUT2D eigenvalue weighted by Crippen LogP contribution is -1.97. The minimum atomic E-state index is -3.45. The van der Waals surface area contributed by atoms with Gasteiger partial charge in [-0.15, -0.1) is 0 Å². The molecule has 5 rings (SSSR count). The van der Waals surface area contributed by atoms with Crippen LogP contribution in [-0.4, -0.2) is 23.4 Å². The molecule has 0 saturated carbocycles. The molecule has 0 aliphatic heterocycles. The van der Waals surface area contributed by atoms with Crippen LogP contribution >= 0.6 is 0 Å². The molecule has 5 aromatic rings. The number of hydrogen-bond acceptors (Lipinski definition) is 5. The lowest BCUT2D eigenvalue weighted by atomic mass is 10.0. The van der Waals surface area contributed by atoms with Crippen LogP contribution in [0.1, 0.15) is 0 Å². The molecule has 2 N–H and O–H groups in total. The van der Waals surface area contributed by atoms with Crippen molar-refractivity contribution in [2.75, 3.05) is 5.32 Å². The van der Waals surface area contributed by atoms with Crippen molar-refractivity contribution < 1.29 is 8.42 Å². The summed E-state index contributed by atoms with van der Waals surface area (Å²) in [6.45, 7) is 3.35. The minimum Gasteiger partial charge on any atom is -0.361 e. The van der Waals surface area contributed by atoms with Gasteiger partial charge in [0.25, 0.3) is 0 Å². The predicted molar refractivity (Wildman–Crippen MR) is 124 cm³/mol. The van der Waals surface area contributed by atoms with Crippen LogP contribution in [0.25, 0.3) is 32.9 Å². The molecule has 3 aromatic heterocycles. The van der Waals surface area contributed by atoms with Crippen LogP contribution in [0.4, 0.5) is 11.5 Å². The highest BCUT2D eigenvalue weighted by atomic mass is 32.2. The number of fused-ring (bicyclic) bond motifs is 2. The summed E-state index contributed by atoms with van der Waals surface area (Å²) in [5, 5.41) is 7.26. The summed E-state index contributed by atoms with van der Waals surface area (Å²) in [5.41, 5.74) is 3.70. The number of hydrogen-bond donors (Lipinski definition) is 2. The second-order valence-electron chi connectivity index (χ2n) is 7.09. The van der Waals surface area contributed by atoms with Gasteiger partial charge >= 0.3 is 0 Å². The Balaban J connectivity index is 1.52. The SMILES string of the molecule is C=CS(=O)(=O)c1ccc(Nc2cc3c(-c4ccc5[nH]ccc5c4)nccc3cn2)cc1. The quantitative estimate of drug-likeness (QED) is 0.391.